The van der Waals surface area contributed by atoms with E-state index in [9.17, 15) is 4.79 Å². The molecule has 0 aliphatic heterocycles. The number of carbonyl (C=O) groups excluding carboxylic acids is 1. The zero-order valence-electron chi connectivity index (χ0n) is 12.2. The summed E-state index contributed by atoms with van der Waals surface area (Å²) in [6, 6.07) is 5.44. The van der Waals surface area contributed by atoms with E-state index in [1.54, 1.807) is 6.07 Å². The number of rotatable bonds is 5. The third-order valence-corrected chi connectivity index (χ3v) is 3.51. The van der Waals surface area contributed by atoms with Gasteiger partial charge in [0.1, 0.15) is 0 Å². The van der Waals surface area contributed by atoms with Crippen LogP contribution in [0.4, 0.5) is 5.69 Å². The quantitative estimate of drug-likeness (QED) is 0.662. The van der Waals surface area contributed by atoms with Gasteiger partial charge in [-0.2, -0.15) is 0 Å². The van der Waals surface area contributed by atoms with E-state index in [1.165, 1.54) is 12.8 Å². The van der Waals surface area contributed by atoms with E-state index in [0.717, 1.165) is 18.4 Å². The average molecular weight is 277 g/mol. The van der Waals surface area contributed by atoms with Crippen molar-refractivity contribution in [1.82, 2.24) is 0 Å². The van der Waals surface area contributed by atoms with Gasteiger partial charge in [-0.1, -0.05) is 25.0 Å². The van der Waals surface area contributed by atoms with Gasteiger partial charge in [-0.25, -0.2) is 4.79 Å². The number of nitrogen functional groups attached to an aromatic ring is 1. The van der Waals surface area contributed by atoms with Crippen LogP contribution in [0.3, 0.4) is 0 Å². The van der Waals surface area contributed by atoms with Crippen LogP contribution >= 0.6 is 0 Å². The molecular weight excluding hydrogens is 254 g/mol. The first-order chi connectivity index (χ1) is 9.58. The van der Waals surface area contributed by atoms with Crippen molar-refractivity contribution >= 4 is 11.7 Å². The zero-order chi connectivity index (χ0) is 14.5. The standard InChI is InChI=1S/C16H23NO3/c1-11(2)20-16(18)15-12(6-5-9-14(15)17)10-19-13-7-3-4-8-13/h5-6,9,11,13H,3-4,7-8,10,17H2,1-2H3. The molecule has 0 aromatic heterocycles. The smallest absolute Gasteiger partial charge is 0.340 e. The molecule has 20 heavy (non-hydrogen) atoms. The highest BCUT2D eigenvalue weighted by Gasteiger charge is 2.20. The molecule has 1 fully saturated rings. The molecule has 1 aromatic carbocycles. The van der Waals surface area contributed by atoms with Crippen molar-refractivity contribution < 1.29 is 14.3 Å². The molecular formula is C16H23NO3. The fourth-order valence-corrected chi connectivity index (χ4v) is 2.52. The number of nitrogens with two attached hydrogens (primary N) is 1. The molecule has 0 unspecified atom stereocenters. The van der Waals surface area contributed by atoms with Gasteiger partial charge >= 0.3 is 5.97 Å². The van der Waals surface area contributed by atoms with Gasteiger partial charge in [-0.3, -0.25) is 0 Å². The SMILES string of the molecule is CC(C)OC(=O)c1c(N)cccc1COC1CCCC1. The van der Waals surface area contributed by atoms with Gasteiger partial charge in [0, 0.05) is 5.69 Å². The lowest BCUT2D eigenvalue weighted by Crippen LogP contribution is -2.17. The van der Waals surface area contributed by atoms with E-state index in [2.05, 4.69) is 0 Å². The fraction of sp³-hybridized carbons (Fsp3) is 0.562. The molecule has 2 rings (SSSR count). The Morgan fingerprint density at radius 3 is 2.70 bits per heavy atom. The monoisotopic (exact) mass is 277 g/mol. The molecule has 4 nitrogen and oxygen atoms in total. The lowest BCUT2D eigenvalue weighted by molar-refractivity contribution is 0.0340. The first-order valence-corrected chi connectivity index (χ1v) is 7.28. The highest BCUT2D eigenvalue weighted by molar-refractivity contribution is 5.96. The summed E-state index contributed by atoms with van der Waals surface area (Å²) in [5.74, 6) is -0.372. The number of ether oxygens (including phenoxy) is 2. The van der Waals surface area contributed by atoms with Crippen LogP contribution in [0.2, 0.25) is 0 Å². The predicted octanol–water partition coefficient (Wildman–Crippen LogP) is 3.29. The maximum atomic E-state index is 12.1. The molecule has 0 heterocycles. The number of hydrogen-bond acceptors (Lipinski definition) is 4. The molecule has 0 bridgehead atoms. The van der Waals surface area contributed by atoms with Gasteiger partial charge in [0.25, 0.3) is 0 Å². The van der Waals surface area contributed by atoms with Gasteiger partial charge in [0.2, 0.25) is 0 Å². The molecule has 0 saturated heterocycles. The zero-order valence-corrected chi connectivity index (χ0v) is 12.2. The van der Waals surface area contributed by atoms with Crippen LogP contribution in [0.25, 0.3) is 0 Å². The van der Waals surface area contributed by atoms with Crippen LogP contribution < -0.4 is 5.73 Å². The number of carbonyl (C=O) groups is 1. The Morgan fingerprint density at radius 1 is 1.35 bits per heavy atom. The Morgan fingerprint density at radius 2 is 2.05 bits per heavy atom. The van der Waals surface area contributed by atoms with Gasteiger partial charge in [0.15, 0.2) is 0 Å². The molecule has 0 radical (unpaired) electrons. The van der Waals surface area contributed by atoms with Crippen LogP contribution in [0, 0.1) is 0 Å². The highest BCUT2D eigenvalue weighted by Crippen LogP contribution is 2.25. The minimum atomic E-state index is -0.372. The molecule has 0 atom stereocenters. The Bertz CT molecular complexity index is 465. The summed E-state index contributed by atoms with van der Waals surface area (Å²) in [7, 11) is 0. The van der Waals surface area contributed by atoms with Gasteiger partial charge in [0.05, 0.1) is 24.4 Å². The average Bonchev–Trinajstić information content (AvgIpc) is 2.88. The minimum absolute atomic E-state index is 0.161. The molecule has 1 aliphatic carbocycles. The van der Waals surface area contributed by atoms with Crippen molar-refractivity contribution in [3.8, 4) is 0 Å². The number of hydrogen-bond donors (Lipinski definition) is 1. The lowest BCUT2D eigenvalue weighted by Gasteiger charge is -2.16. The first-order valence-electron chi connectivity index (χ1n) is 7.28. The topological polar surface area (TPSA) is 61.5 Å². The van der Waals surface area contributed by atoms with Crippen molar-refractivity contribution in [2.75, 3.05) is 5.73 Å². The minimum Gasteiger partial charge on any atom is -0.459 e. The van der Waals surface area contributed by atoms with E-state index >= 15 is 0 Å². The first kappa shape index (κ1) is 14.9. The number of benzene rings is 1. The maximum absolute atomic E-state index is 12.1. The van der Waals surface area contributed by atoms with E-state index in [0.29, 0.717) is 24.0 Å². The van der Waals surface area contributed by atoms with Crippen molar-refractivity contribution in [2.45, 2.75) is 58.3 Å². The molecule has 1 aromatic rings. The molecule has 4 heteroatoms. The van der Waals surface area contributed by atoms with Crippen LogP contribution in [0.5, 0.6) is 0 Å². The summed E-state index contributed by atoms with van der Waals surface area (Å²) in [6.45, 7) is 4.07. The third-order valence-electron chi connectivity index (χ3n) is 3.51. The number of esters is 1. The summed E-state index contributed by atoms with van der Waals surface area (Å²) in [5.41, 5.74) is 7.62. The molecule has 110 valence electrons. The van der Waals surface area contributed by atoms with E-state index in [4.69, 9.17) is 15.2 Å². The Labute approximate surface area is 120 Å². The van der Waals surface area contributed by atoms with Gasteiger partial charge < -0.3 is 15.2 Å². The van der Waals surface area contributed by atoms with Crippen LogP contribution in [-0.2, 0) is 16.1 Å². The van der Waals surface area contributed by atoms with Crippen molar-refractivity contribution in [3.05, 3.63) is 29.3 Å². The van der Waals surface area contributed by atoms with Gasteiger partial charge in [-0.05, 0) is 38.3 Å². The second-order valence-corrected chi connectivity index (χ2v) is 5.55. The molecule has 0 spiro atoms. The van der Waals surface area contributed by atoms with Crippen molar-refractivity contribution in [2.24, 2.45) is 0 Å². The molecule has 0 amide bonds. The Kier molecular flexibility index (Phi) is 5.01. The maximum Gasteiger partial charge on any atom is 0.340 e. The largest absolute Gasteiger partial charge is 0.459 e. The van der Waals surface area contributed by atoms with Crippen LogP contribution in [0.15, 0.2) is 18.2 Å². The molecule has 1 saturated carbocycles. The Hall–Kier alpha value is -1.55. The van der Waals surface area contributed by atoms with E-state index in [1.807, 2.05) is 26.0 Å². The molecule has 2 N–H and O–H groups in total. The highest BCUT2D eigenvalue weighted by atomic mass is 16.5. The Balaban J connectivity index is 2.10. The summed E-state index contributed by atoms with van der Waals surface area (Å²) < 4.78 is 11.1. The second-order valence-electron chi connectivity index (χ2n) is 5.55. The van der Waals surface area contributed by atoms with Gasteiger partial charge in [-0.15, -0.1) is 0 Å². The van der Waals surface area contributed by atoms with Crippen molar-refractivity contribution in [3.63, 3.8) is 0 Å². The van der Waals surface area contributed by atoms with Crippen LogP contribution in [0.1, 0.15) is 55.5 Å². The van der Waals surface area contributed by atoms with Crippen molar-refractivity contribution in [1.29, 1.82) is 0 Å². The van der Waals surface area contributed by atoms with Crippen LogP contribution in [-0.4, -0.2) is 18.2 Å². The second kappa shape index (κ2) is 6.75. The third kappa shape index (κ3) is 3.73. The lowest BCUT2D eigenvalue weighted by atomic mass is 10.1. The fourth-order valence-electron chi connectivity index (χ4n) is 2.52. The normalized spacial score (nSPS) is 15.8. The van der Waals surface area contributed by atoms with E-state index in [-0.39, 0.29) is 12.1 Å². The summed E-state index contributed by atoms with van der Waals surface area (Å²) in [4.78, 5) is 12.1. The number of anilines is 1. The predicted molar refractivity (Wildman–Crippen MR) is 78.5 cm³/mol. The molecule has 1 aliphatic rings. The van der Waals surface area contributed by atoms with E-state index < -0.39 is 0 Å². The summed E-state index contributed by atoms with van der Waals surface area (Å²) in [6.07, 6.45) is 4.81. The summed E-state index contributed by atoms with van der Waals surface area (Å²) >= 11 is 0. The summed E-state index contributed by atoms with van der Waals surface area (Å²) in [5, 5.41) is 0.